The molecular formula is C18H24N2O5. The Balaban J connectivity index is 2.53. The number of hydrogen-bond acceptors (Lipinski definition) is 5. The van der Waals surface area contributed by atoms with Crippen LogP contribution >= 0.6 is 0 Å². The van der Waals surface area contributed by atoms with Gasteiger partial charge in [0.2, 0.25) is 0 Å². The largest absolute Gasteiger partial charge is 0.492 e. The third kappa shape index (κ3) is 4.51. The molecule has 0 radical (unpaired) electrons. The molecule has 0 unspecified atom stereocenters. The average Bonchev–Trinajstić information content (AvgIpc) is 2.85. The summed E-state index contributed by atoms with van der Waals surface area (Å²) in [5.41, 5.74) is -0.441. The fourth-order valence-corrected chi connectivity index (χ4v) is 2.37. The molecule has 25 heavy (non-hydrogen) atoms. The number of H-pyrrole nitrogens is 1. The van der Waals surface area contributed by atoms with Crippen LogP contribution in [0.15, 0.2) is 18.2 Å². The number of aromatic carboxylic acids is 1. The van der Waals surface area contributed by atoms with Crippen LogP contribution in [0, 0.1) is 0 Å². The third-order valence-electron chi connectivity index (χ3n) is 3.40. The van der Waals surface area contributed by atoms with E-state index < -0.39 is 17.5 Å². The Morgan fingerprint density at radius 2 is 1.92 bits per heavy atom. The van der Waals surface area contributed by atoms with Crippen molar-refractivity contribution in [2.45, 2.75) is 26.4 Å². The Morgan fingerprint density at radius 1 is 1.24 bits per heavy atom. The van der Waals surface area contributed by atoms with Crippen molar-refractivity contribution in [3.8, 4) is 5.75 Å². The van der Waals surface area contributed by atoms with Crippen LogP contribution in [0.3, 0.4) is 0 Å². The van der Waals surface area contributed by atoms with E-state index in [1.807, 2.05) is 19.0 Å². The summed E-state index contributed by atoms with van der Waals surface area (Å²) in [5, 5.41) is 9.89. The van der Waals surface area contributed by atoms with Gasteiger partial charge in [0.15, 0.2) is 0 Å². The van der Waals surface area contributed by atoms with Crippen LogP contribution in [0.2, 0.25) is 0 Å². The minimum atomic E-state index is -1.23. The van der Waals surface area contributed by atoms with E-state index in [0.717, 1.165) is 0 Å². The van der Waals surface area contributed by atoms with Gasteiger partial charge in [-0.15, -0.1) is 0 Å². The molecule has 0 spiro atoms. The Bertz CT molecular complexity index is 787. The maximum absolute atomic E-state index is 12.6. The molecule has 0 bridgehead atoms. The molecule has 1 heterocycles. The number of likely N-dealkylation sites (N-methyl/N-ethyl adjacent to an activating group) is 1. The van der Waals surface area contributed by atoms with Gasteiger partial charge >= 0.3 is 11.9 Å². The first-order valence-electron chi connectivity index (χ1n) is 7.99. The summed E-state index contributed by atoms with van der Waals surface area (Å²) in [6, 6.07) is 5.16. The lowest BCUT2D eigenvalue weighted by Gasteiger charge is -2.20. The number of aromatic amines is 1. The smallest absolute Gasteiger partial charge is 0.353 e. The van der Waals surface area contributed by atoms with Gasteiger partial charge < -0.3 is 24.5 Å². The van der Waals surface area contributed by atoms with E-state index in [0.29, 0.717) is 29.8 Å². The number of aromatic nitrogens is 1. The number of fused-ring (bicyclic) bond motifs is 1. The maximum Gasteiger partial charge on any atom is 0.353 e. The quantitative estimate of drug-likeness (QED) is 0.780. The standard InChI is InChI=1S/C18H24N2O5/c1-18(2,3)25-17(23)14-13-11(19-15(14)16(21)22)7-6-8-12(13)24-10-9-20(4)5/h6-8,19H,9-10H2,1-5H3,(H,21,22). The van der Waals surface area contributed by atoms with Gasteiger partial charge in [-0.1, -0.05) is 6.07 Å². The molecule has 0 saturated carbocycles. The van der Waals surface area contributed by atoms with Gasteiger partial charge in [-0.05, 0) is 47.0 Å². The first-order chi connectivity index (χ1) is 11.6. The molecule has 7 nitrogen and oxygen atoms in total. The highest BCUT2D eigenvalue weighted by Gasteiger charge is 2.29. The number of carboxylic acids is 1. The van der Waals surface area contributed by atoms with Crippen molar-refractivity contribution in [3.05, 3.63) is 29.5 Å². The monoisotopic (exact) mass is 348 g/mol. The van der Waals surface area contributed by atoms with Crippen LogP contribution in [-0.2, 0) is 4.74 Å². The molecule has 0 aliphatic rings. The van der Waals surface area contributed by atoms with Crippen molar-refractivity contribution < 1.29 is 24.2 Å². The summed E-state index contributed by atoms with van der Waals surface area (Å²) in [5.74, 6) is -1.47. The molecule has 1 aromatic heterocycles. The van der Waals surface area contributed by atoms with E-state index in [9.17, 15) is 14.7 Å². The summed E-state index contributed by atoms with van der Waals surface area (Å²) in [7, 11) is 3.85. The predicted molar refractivity (Wildman–Crippen MR) is 94.5 cm³/mol. The van der Waals surface area contributed by atoms with Gasteiger partial charge in [-0.3, -0.25) is 0 Å². The summed E-state index contributed by atoms with van der Waals surface area (Å²) in [4.78, 5) is 29.0. The maximum atomic E-state index is 12.6. The van der Waals surface area contributed by atoms with E-state index in [1.165, 1.54) is 0 Å². The van der Waals surface area contributed by atoms with Crippen molar-refractivity contribution in [1.82, 2.24) is 9.88 Å². The van der Waals surface area contributed by atoms with Crippen LogP contribution in [0.1, 0.15) is 41.6 Å². The molecule has 0 aliphatic carbocycles. The second-order valence-electron chi connectivity index (χ2n) is 7.01. The zero-order valence-corrected chi connectivity index (χ0v) is 15.2. The van der Waals surface area contributed by atoms with Crippen LogP contribution < -0.4 is 4.74 Å². The van der Waals surface area contributed by atoms with Crippen LogP contribution in [0.5, 0.6) is 5.75 Å². The number of carboxylic acid groups (broad SMARTS) is 1. The van der Waals surface area contributed by atoms with Gasteiger partial charge in [-0.25, -0.2) is 9.59 Å². The minimum Gasteiger partial charge on any atom is -0.492 e. The van der Waals surface area contributed by atoms with Crippen LogP contribution in [0.4, 0.5) is 0 Å². The van der Waals surface area contributed by atoms with Gasteiger partial charge in [0.05, 0.1) is 10.9 Å². The van der Waals surface area contributed by atoms with E-state index >= 15 is 0 Å². The molecule has 0 atom stereocenters. The summed E-state index contributed by atoms with van der Waals surface area (Å²) in [6.45, 7) is 6.29. The fraction of sp³-hybridized carbons (Fsp3) is 0.444. The van der Waals surface area contributed by atoms with Gasteiger partial charge in [-0.2, -0.15) is 0 Å². The molecule has 2 N–H and O–H groups in total. The van der Waals surface area contributed by atoms with E-state index in [-0.39, 0.29) is 11.3 Å². The second-order valence-corrected chi connectivity index (χ2v) is 7.01. The summed E-state index contributed by atoms with van der Waals surface area (Å²) < 4.78 is 11.2. The van der Waals surface area contributed by atoms with Crippen molar-refractivity contribution in [3.63, 3.8) is 0 Å². The van der Waals surface area contributed by atoms with Gasteiger partial charge in [0.1, 0.15) is 29.2 Å². The Hall–Kier alpha value is -2.54. The lowest BCUT2D eigenvalue weighted by molar-refractivity contribution is 0.00679. The SMILES string of the molecule is CN(C)CCOc1cccc2[nH]c(C(=O)O)c(C(=O)OC(C)(C)C)c12. The molecule has 136 valence electrons. The van der Waals surface area contributed by atoms with Crippen LogP contribution in [-0.4, -0.2) is 59.8 Å². The Labute approximate surface area is 146 Å². The number of nitrogens with zero attached hydrogens (tertiary/aromatic N) is 1. The predicted octanol–water partition coefficient (Wildman–Crippen LogP) is 2.76. The second kappa shape index (κ2) is 7.14. The topological polar surface area (TPSA) is 91.9 Å². The zero-order chi connectivity index (χ0) is 18.8. The zero-order valence-electron chi connectivity index (χ0n) is 15.2. The molecule has 0 amide bonds. The Morgan fingerprint density at radius 3 is 2.48 bits per heavy atom. The molecule has 7 heteroatoms. The van der Waals surface area contributed by atoms with Crippen molar-refractivity contribution in [1.29, 1.82) is 0 Å². The van der Waals surface area contributed by atoms with Crippen molar-refractivity contribution >= 4 is 22.8 Å². The fourth-order valence-electron chi connectivity index (χ4n) is 2.37. The molecule has 0 aliphatic heterocycles. The molecule has 2 aromatic rings. The number of ether oxygens (including phenoxy) is 2. The number of benzene rings is 1. The molecule has 0 fully saturated rings. The van der Waals surface area contributed by atoms with Crippen molar-refractivity contribution in [2.24, 2.45) is 0 Å². The summed E-state index contributed by atoms with van der Waals surface area (Å²) >= 11 is 0. The van der Waals surface area contributed by atoms with Gasteiger partial charge in [0, 0.05) is 6.54 Å². The number of carbonyl (C=O) groups excluding carboxylic acids is 1. The lowest BCUT2D eigenvalue weighted by atomic mass is 10.1. The minimum absolute atomic E-state index is 0.0159. The first-order valence-corrected chi connectivity index (χ1v) is 7.99. The lowest BCUT2D eigenvalue weighted by Crippen LogP contribution is -2.25. The molecule has 2 rings (SSSR count). The highest BCUT2D eigenvalue weighted by Crippen LogP contribution is 2.32. The number of nitrogens with one attached hydrogen (secondary N) is 1. The Kier molecular flexibility index (Phi) is 5.37. The van der Waals surface area contributed by atoms with E-state index in [2.05, 4.69) is 4.98 Å². The number of esters is 1. The highest BCUT2D eigenvalue weighted by molar-refractivity contribution is 6.14. The molecular weight excluding hydrogens is 324 g/mol. The number of carbonyl (C=O) groups is 2. The average molecular weight is 348 g/mol. The highest BCUT2D eigenvalue weighted by atomic mass is 16.6. The molecule has 0 saturated heterocycles. The van der Waals surface area contributed by atoms with E-state index in [1.54, 1.807) is 39.0 Å². The van der Waals surface area contributed by atoms with E-state index in [4.69, 9.17) is 9.47 Å². The number of rotatable bonds is 6. The summed E-state index contributed by atoms with van der Waals surface area (Å²) in [6.07, 6.45) is 0. The van der Waals surface area contributed by atoms with Crippen LogP contribution in [0.25, 0.3) is 10.9 Å². The normalized spacial score (nSPS) is 11.8. The third-order valence-corrected chi connectivity index (χ3v) is 3.40. The molecule has 1 aromatic carbocycles. The van der Waals surface area contributed by atoms with Gasteiger partial charge in [0.25, 0.3) is 0 Å². The first kappa shape index (κ1) is 18.8. The van der Waals surface area contributed by atoms with Crippen molar-refractivity contribution in [2.75, 3.05) is 27.2 Å². The number of hydrogen-bond donors (Lipinski definition) is 2.